The molecule has 0 aliphatic carbocycles. The van der Waals surface area contributed by atoms with Gasteiger partial charge in [-0.1, -0.05) is 19.9 Å². The predicted octanol–water partition coefficient (Wildman–Crippen LogP) is 2.84. The summed E-state index contributed by atoms with van der Waals surface area (Å²) in [6.45, 7) is 7.80. The smallest absolute Gasteiger partial charge is 0.191 e. The fraction of sp³-hybridized carbons (Fsp3) is 0.438. The standard InChI is InChI=1S/C16H23N5S/c1-11(2)15-12(3)22-14(21-15)10-20-16(17-4)19-9-13-7-5-6-8-18-13/h5-8,11H,9-10H2,1-4H3,(H2,17,19,20). The fourth-order valence-electron chi connectivity index (χ4n) is 2.13. The summed E-state index contributed by atoms with van der Waals surface area (Å²) in [5, 5.41) is 7.63. The van der Waals surface area contributed by atoms with Gasteiger partial charge >= 0.3 is 0 Å². The largest absolute Gasteiger partial charge is 0.351 e. The van der Waals surface area contributed by atoms with Gasteiger partial charge in [0.2, 0.25) is 0 Å². The Morgan fingerprint density at radius 2 is 2.05 bits per heavy atom. The molecule has 0 unspecified atom stereocenters. The number of pyridine rings is 1. The highest BCUT2D eigenvalue weighted by atomic mass is 32.1. The Kier molecular flexibility index (Phi) is 5.89. The molecule has 0 radical (unpaired) electrons. The van der Waals surface area contributed by atoms with Gasteiger partial charge in [-0.25, -0.2) is 4.98 Å². The molecule has 22 heavy (non-hydrogen) atoms. The van der Waals surface area contributed by atoms with Gasteiger partial charge in [0.1, 0.15) is 5.01 Å². The molecule has 118 valence electrons. The van der Waals surface area contributed by atoms with Gasteiger partial charge in [0, 0.05) is 18.1 Å². The van der Waals surface area contributed by atoms with E-state index in [4.69, 9.17) is 4.98 Å². The molecule has 2 heterocycles. The molecular formula is C16H23N5S. The normalized spacial score (nSPS) is 11.8. The van der Waals surface area contributed by atoms with Crippen molar-refractivity contribution in [3.63, 3.8) is 0 Å². The third-order valence-corrected chi connectivity index (χ3v) is 4.20. The van der Waals surface area contributed by atoms with Crippen LogP contribution in [-0.2, 0) is 13.1 Å². The van der Waals surface area contributed by atoms with Gasteiger partial charge in [0.25, 0.3) is 0 Å². The average molecular weight is 317 g/mol. The number of aryl methyl sites for hydroxylation is 1. The van der Waals surface area contributed by atoms with E-state index in [-0.39, 0.29) is 0 Å². The first-order valence-electron chi connectivity index (χ1n) is 7.40. The maximum atomic E-state index is 4.69. The van der Waals surface area contributed by atoms with E-state index < -0.39 is 0 Å². The average Bonchev–Trinajstić information content (AvgIpc) is 2.90. The predicted molar refractivity (Wildman–Crippen MR) is 92.2 cm³/mol. The van der Waals surface area contributed by atoms with E-state index in [1.807, 2.05) is 18.2 Å². The van der Waals surface area contributed by atoms with E-state index in [1.54, 1.807) is 24.6 Å². The first-order chi connectivity index (χ1) is 10.6. The van der Waals surface area contributed by atoms with Crippen LogP contribution in [0.5, 0.6) is 0 Å². The Bertz CT molecular complexity index is 619. The highest BCUT2D eigenvalue weighted by Gasteiger charge is 2.11. The van der Waals surface area contributed by atoms with E-state index in [0.29, 0.717) is 19.0 Å². The summed E-state index contributed by atoms with van der Waals surface area (Å²) in [7, 11) is 1.76. The van der Waals surface area contributed by atoms with Gasteiger partial charge in [-0.15, -0.1) is 11.3 Å². The van der Waals surface area contributed by atoms with Crippen LogP contribution in [0.1, 0.15) is 41.0 Å². The van der Waals surface area contributed by atoms with E-state index in [0.717, 1.165) is 16.7 Å². The van der Waals surface area contributed by atoms with E-state index in [9.17, 15) is 0 Å². The molecule has 5 nitrogen and oxygen atoms in total. The Morgan fingerprint density at radius 1 is 1.27 bits per heavy atom. The number of aliphatic imine (C=N–C) groups is 1. The summed E-state index contributed by atoms with van der Waals surface area (Å²) in [5.74, 6) is 1.22. The Hall–Kier alpha value is -1.95. The Labute approximate surface area is 135 Å². The lowest BCUT2D eigenvalue weighted by Crippen LogP contribution is -2.36. The lowest BCUT2D eigenvalue weighted by molar-refractivity contribution is 0.776. The SMILES string of the molecule is CN=C(NCc1ccccn1)NCc1nc(C(C)C)c(C)s1. The highest BCUT2D eigenvalue weighted by Crippen LogP contribution is 2.23. The molecule has 2 aromatic rings. The molecule has 0 saturated heterocycles. The van der Waals surface area contributed by atoms with Gasteiger partial charge in [-0.3, -0.25) is 9.98 Å². The number of thiazole rings is 1. The molecule has 0 aliphatic heterocycles. The van der Waals surface area contributed by atoms with Crippen LogP contribution in [0.15, 0.2) is 29.4 Å². The van der Waals surface area contributed by atoms with Crippen LogP contribution in [0.4, 0.5) is 0 Å². The molecule has 0 atom stereocenters. The zero-order chi connectivity index (χ0) is 15.9. The topological polar surface area (TPSA) is 62.2 Å². The van der Waals surface area contributed by atoms with E-state index in [2.05, 4.69) is 41.4 Å². The maximum Gasteiger partial charge on any atom is 0.191 e. The molecule has 0 aliphatic rings. The summed E-state index contributed by atoms with van der Waals surface area (Å²) in [5.41, 5.74) is 2.18. The van der Waals surface area contributed by atoms with Gasteiger partial charge in [0.15, 0.2) is 5.96 Å². The van der Waals surface area contributed by atoms with Crippen molar-refractivity contribution in [1.82, 2.24) is 20.6 Å². The van der Waals surface area contributed by atoms with Crippen LogP contribution in [0, 0.1) is 6.92 Å². The molecule has 2 N–H and O–H groups in total. The van der Waals surface area contributed by atoms with Crippen molar-refractivity contribution in [1.29, 1.82) is 0 Å². The second-order valence-electron chi connectivity index (χ2n) is 5.30. The Morgan fingerprint density at radius 3 is 2.64 bits per heavy atom. The van der Waals surface area contributed by atoms with Crippen LogP contribution < -0.4 is 10.6 Å². The minimum absolute atomic E-state index is 0.464. The fourth-order valence-corrected chi connectivity index (χ4v) is 3.16. The third-order valence-electron chi connectivity index (χ3n) is 3.22. The number of nitrogens with zero attached hydrogens (tertiary/aromatic N) is 3. The number of rotatable bonds is 5. The van der Waals surface area contributed by atoms with Crippen molar-refractivity contribution < 1.29 is 0 Å². The minimum Gasteiger partial charge on any atom is -0.351 e. The third kappa shape index (κ3) is 4.53. The van der Waals surface area contributed by atoms with Crippen LogP contribution in [0.2, 0.25) is 0 Å². The van der Waals surface area contributed by atoms with Gasteiger partial charge < -0.3 is 10.6 Å². The van der Waals surface area contributed by atoms with Crippen LogP contribution >= 0.6 is 11.3 Å². The van der Waals surface area contributed by atoms with Crippen LogP contribution in [0.25, 0.3) is 0 Å². The molecule has 0 aromatic carbocycles. The molecule has 0 saturated carbocycles. The van der Waals surface area contributed by atoms with Gasteiger partial charge in [-0.05, 0) is 25.0 Å². The van der Waals surface area contributed by atoms with Crippen molar-refractivity contribution in [3.05, 3.63) is 45.7 Å². The van der Waals surface area contributed by atoms with Crippen molar-refractivity contribution in [3.8, 4) is 0 Å². The second-order valence-corrected chi connectivity index (χ2v) is 6.59. The molecule has 0 amide bonds. The molecule has 2 rings (SSSR count). The zero-order valence-corrected chi connectivity index (χ0v) is 14.4. The first-order valence-corrected chi connectivity index (χ1v) is 8.22. The second kappa shape index (κ2) is 7.89. The lowest BCUT2D eigenvalue weighted by Gasteiger charge is -2.10. The summed E-state index contributed by atoms with van der Waals surface area (Å²) in [6.07, 6.45) is 1.79. The molecule has 0 bridgehead atoms. The summed E-state index contributed by atoms with van der Waals surface area (Å²) < 4.78 is 0. The van der Waals surface area contributed by atoms with Gasteiger partial charge in [-0.2, -0.15) is 0 Å². The molecular weight excluding hydrogens is 294 g/mol. The highest BCUT2D eigenvalue weighted by molar-refractivity contribution is 7.11. The van der Waals surface area contributed by atoms with Crippen LogP contribution in [0.3, 0.4) is 0 Å². The first kappa shape index (κ1) is 16.4. The number of hydrogen-bond donors (Lipinski definition) is 2. The van der Waals surface area contributed by atoms with E-state index >= 15 is 0 Å². The molecule has 0 fully saturated rings. The Balaban J connectivity index is 1.87. The van der Waals surface area contributed by atoms with Crippen molar-refractivity contribution in [2.45, 2.75) is 39.8 Å². The van der Waals surface area contributed by atoms with Crippen molar-refractivity contribution in [2.24, 2.45) is 4.99 Å². The molecule has 6 heteroatoms. The maximum absolute atomic E-state index is 4.69. The monoisotopic (exact) mass is 317 g/mol. The quantitative estimate of drug-likeness (QED) is 0.657. The number of nitrogens with one attached hydrogen (secondary N) is 2. The zero-order valence-electron chi connectivity index (χ0n) is 13.6. The van der Waals surface area contributed by atoms with Crippen LogP contribution in [-0.4, -0.2) is 23.0 Å². The van der Waals surface area contributed by atoms with Crippen molar-refractivity contribution in [2.75, 3.05) is 7.05 Å². The summed E-state index contributed by atoms with van der Waals surface area (Å²) >= 11 is 1.74. The number of hydrogen-bond acceptors (Lipinski definition) is 4. The van der Waals surface area contributed by atoms with Gasteiger partial charge in [0.05, 0.1) is 24.5 Å². The minimum atomic E-state index is 0.464. The summed E-state index contributed by atoms with van der Waals surface area (Å²) in [4.78, 5) is 14.5. The number of aromatic nitrogens is 2. The molecule has 2 aromatic heterocycles. The number of guanidine groups is 1. The molecule has 0 spiro atoms. The lowest BCUT2D eigenvalue weighted by atomic mass is 10.1. The summed E-state index contributed by atoms with van der Waals surface area (Å²) in [6, 6.07) is 5.87. The van der Waals surface area contributed by atoms with Crippen molar-refractivity contribution >= 4 is 17.3 Å². The van der Waals surface area contributed by atoms with E-state index in [1.165, 1.54) is 10.6 Å².